The molecule has 1 saturated carbocycles. The van der Waals surface area contributed by atoms with E-state index >= 15 is 0 Å². The van der Waals surface area contributed by atoms with Crippen LogP contribution in [0.3, 0.4) is 0 Å². The van der Waals surface area contributed by atoms with E-state index in [1.54, 1.807) is 24.3 Å². The Kier molecular flexibility index (Phi) is 2.90. The SMILES string of the molecule is O=C(OC[C@@H]1C[C@@H]1C(=O)O)c1ccccc1. The van der Waals surface area contributed by atoms with Crippen molar-refractivity contribution in [2.75, 3.05) is 6.61 Å². The van der Waals surface area contributed by atoms with Crippen LogP contribution in [0.25, 0.3) is 0 Å². The van der Waals surface area contributed by atoms with Crippen molar-refractivity contribution in [2.24, 2.45) is 11.8 Å². The highest BCUT2D eigenvalue weighted by molar-refractivity contribution is 5.89. The van der Waals surface area contributed by atoms with Gasteiger partial charge in [0.25, 0.3) is 0 Å². The van der Waals surface area contributed by atoms with Crippen LogP contribution in [0.1, 0.15) is 16.8 Å². The van der Waals surface area contributed by atoms with Gasteiger partial charge in [-0.2, -0.15) is 0 Å². The first-order valence-electron chi connectivity index (χ1n) is 5.13. The highest BCUT2D eigenvalue weighted by atomic mass is 16.5. The second-order valence-corrected chi connectivity index (χ2v) is 3.90. The van der Waals surface area contributed by atoms with Gasteiger partial charge in [-0.1, -0.05) is 18.2 Å². The Morgan fingerprint density at radius 3 is 2.56 bits per heavy atom. The van der Waals surface area contributed by atoms with Crippen molar-refractivity contribution in [1.29, 1.82) is 0 Å². The summed E-state index contributed by atoms with van der Waals surface area (Å²) >= 11 is 0. The maximum atomic E-state index is 11.5. The van der Waals surface area contributed by atoms with Crippen molar-refractivity contribution in [3.05, 3.63) is 35.9 Å². The fourth-order valence-corrected chi connectivity index (χ4v) is 1.57. The van der Waals surface area contributed by atoms with Crippen molar-refractivity contribution >= 4 is 11.9 Å². The first-order valence-corrected chi connectivity index (χ1v) is 5.13. The summed E-state index contributed by atoms with van der Waals surface area (Å²) in [5.74, 6) is -1.54. The molecule has 0 radical (unpaired) electrons. The van der Waals surface area contributed by atoms with Crippen LogP contribution < -0.4 is 0 Å². The number of benzene rings is 1. The molecule has 1 aromatic rings. The topological polar surface area (TPSA) is 63.6 Å². The second-order valence-electron chi connectivity index (χ2n) is 3.90. The van der Waals surface area contributed by atoms with Gasteiger partial charge in [-0.3, -0.25) is 4.79 Å². The molecule has 1 fully saturated rings. The lowest BCUT2D eigenvalue weighted by Crippen LogP contribution is -2.10. The molecule has 0 heterocycles. The summed E-state index contributed by atoms with van der Waals surface area (Å²) in [6, 6.07) is 8.67. The monoisotopic (exact) mass is 220 g/mol. The molecule has 0 spiro atoms. The molecule has 0 aromatic heterocycles. The number of hydrogen-bond donors (Lipinski definition) is 1. The first-order chi connectivity index (χ1) is 7.68. The van der Waals surface area contributed by atoms with Crippen LogP contribution >= 0.6 is 0 Å². The normalized spacial score (nSPS) is 22.5. The first kappa shape index (κ1) is 10.7. The molecule has 16 heavy (non-hydrogen) atoms. The summed E-state index contributed by atoms with van der Waals surface area (Å²) in [5.41, 5.74) is 0.495. The zero-order chi connectivity index (χ0) is 11.5. The lowest BCUT2D eigenvalue weighted by atomic mass is 10.2. The van der Waals surface area contributed by atoms with Gasteiger partial charge < -0.3 is 9.84 Å². The summed E-state index contributed by atoms with van der Waals surface area (Å²) in [5, 5.41) is 8.67. The van der Waals surface area contributed by atoms with Crippen LogP contribution in [0.15, 0.2) is 30.3 Å². The molecular formula is C12H12O4. The number of carboxylic acids is 1. The molecule has 0 amide bonds. The third-order valence-electron chi connectivity index (χ3n) is 2.68. The van der Waals surface area contributed by atoms with Crippen molar-refractivity contribution in [3.63, 3.8) is 0 Å². The van der Waals surface area contributed by atoms with Gasteiger partial charge in [-0.15, -0.1) is 0 Å². The third kappa shape index (κ3) is 2.39. The Hall–Kier alpha value is -1.84. The van der Waals surface area contributed by atoms with Gasteiger partial charge in [0.2, 0.25) is 0 Å². The zero-order valence-electron chi connectivity index (χ0n) is 8.63. The van der Waals surface area contributed by atoms with Crippen molar-refractivity contribution in [1.82, 2.24) is 0 Å². The third-order valence-corrected chi connectivity index (χ3v) is 2.68. The zero-order valence-corrected chi connectivity index (χ0v) is 8.63. The lowest BCUT2D eigenvalue weighted by molar-refractivity contribution is -0.139. The number of carboxylic acid groups (broad SMARTS) is 1. The summed E-state index contributed by atoms with van der Waals surface area (Å²) in [6.45, 7) is 0.199. The largest absolute Gasteiger partial charge is 0.481 e. The Labute approximate surface area is 92.8 Å². The van der Waals surface area contributed by atoms with Crippen molar-refractivity contribution in [2.45, 2.75) is 6.42 Å². The van der Waals surface area contributed by atoms with Crippen LogP contribution in [-0.4, -0.2) is 23.7 Å². The van der Waals surface area contributed by atoms with E-state index in [1.807, 2.05) is 6.07 Å². The van der Waals surface area contributed by atoms with Crippen LogP contribution in [-0.2, 0) is 9.53 Å². The van der Waals surface area contributed by atoms with Crippen molar-refractivity contribution in [3.8, 4) is 0 Å². The molecule has 1 aliphatic carbocycles. The highest BCUT2D eigenvalue weighted by Gasteiger charge is 2.43. The summed E-state index contributed by atoms with van der Waals surface area (Å²) < 4.78 is 5.03. The average molecular weight is 220 g/mol. The van der Waals surface area contributed by atoms with Crippen LogP contribution in [0, 0.1) is 11.8 Å². The Morgan fingerprint density at radius 2 is 2.00 bits per heavy atom. The lowest BCUT2D eigenvalue weighted by Gasteiger charge is -2.03. The van der Waals surface area contributed by atoms with E-state index in [2.05, 4.69) is 0 Å². The fourth-order valence-electron chi connectivity index (χ4n) is 1.57. The molecular weight excluding hydrogens is 208 g/mol. The molecule has 4 nitrogen and oxygen atoms in total. The number of carbonyl (C=O) groups excluding carboxylic acids is 1. The highest BCUT2D eigenvalue weighted by Crippen LogP contribution is 2.38. The minimum atomic E-state index is -0.805. The van der Waals surface area contributed by atoms with Gasteiger partial charge in [0.1, 0.15) is 0 Å². The maximum Gasteiger partial charge on any atom is 0.338 e. The molecule has 2 atom stereocenters. The maximum absolute atomic E-state index is 11.5. The molecule has 1 aliphatic rings. The van der Waals surface area contributed by atoms with Gasteiger partial charge in [-0.05, 0) is 18.6 Å². The molecule has 4 heteroatoms. The Bertz CT molecular complexity index is 399. The molecule has 0 bridgehead atoms. The molecule has 84 valence electrons. The number of carbonyl (C=O) groups is 2. The van der Waals surface area contributed by atoms with Gasteiger partial charge in [0, 0.05) is 5.92 Å². The predicted molar refractivity (Wildman–Crippen MR) is 56.0 cm³/mol. The van der Waals surface area contributed by atoms with E-state index < -0.39 is 11.9 Å². The van der Waals surface area contributed by atoms with E-state index in [0.717, 1.165) is 0 Å². The minimum Gasteiger partial charge on any atom is -0.481 e. The molecule has 0 aliphatic heterocycles. The number of ether oxygens (including phenoxy) is 1. The second kappa shape index (κ2) is 4.35. The minimum absolute atomic E-state index is 0.00911. The van der Waals surface area contributed by atoms with E-state index in [0.29, 0.717) is 12.0 Å². The van der Waals surface area contributed by atoms with Gasteiger partial charge in [-0.25, -0.2) is 4.79 Å². The van der Waals surface area contributed by atoms with Crippen LogP contribution in [0.4, 0.5) is 0 Å². The van der Waals surface area contributed by atoms with E-state index in [4.69, 9.17) is 9.84 Å². The summed E-state index contributed by atoms with van der Waals surface area (Å²) in [6.07, 6.45) is 0.609. The number of rotatable bonds is 4. The van der Waals surface area contributed by atoms with Crippen molar-refractivity contribution < 1.29 is 19.4 Å². The Balaban J connectivity index is 1.80. The smallest absolute Gasteiger partial charge is 0.338 e. The fraction of sp³-hybridized carbons (Fsp3) is 0.333. The van der Waals surface area contributed by atoms with Gasteiger partial charge in [0.05, 0.1) is 18.1 Å². The van der Waals surface area contributed by atoms with Crippen LogP contribution in [0.5, 0.6) is 0 Å². The quantitative estimate of drug-likeness (QED) is 0.782. The van der Waals surface area contributed by atoms with E-state index in [-0.39, 0.29) is 18.4 Å². The average Bonchev–Trinajstić information content (AvgIpc) is 3.06. The number of esters is 1. The molecule has 0 unspecified atom stereocenters. The predicted octanol–water partition coefficient (Wildman–Crippen LogP) is 1.56. The summed E-state index contributed by atoms with van der Waals surface area (Å²) in [4.78, 5) is 22.0. The van der Waals surface area contributed by atoms with Gasteiger partial charge in [0.15, 0.2) is 0 Å². The summed E-state index contributed by atoms with van der Waals surface area (Å²) in [7, 11) is 0. The van der Waals surface area contributed by atoms with E-state index in [9.17, 15) is 9.59 Å². The molecule has 1 aromatic carbocycles. The molecule has 2 rings (SSSR count). The molecule has 0 saturated heterocycles. The van der Waals surface area contributed by atoms with Crippen LogP contribution in [0.2, 0.25) is 0 Å². The standard InChI is InChI=1S/C12H12O4/c13-11(14)10-6-9(10)7-16-12(15)8-4-2-1-3-5-8/h1-5,9-10H,6-7H2,(H,13,14)/t9-,10-/m0/s1. The number of aliphatic carboxylic acids is 1. The molecule has 1 N–H and O–H groups in total. The Morgan fingerprint density at radius 1 is 1.31 bits per heavy atom. The van der Waals surface area contributed by atoms with Gasteiger partial charge >= 0.3 is 11.9 Å². The number of hydrogen-bond acceptors (Lipinski definition) is 3. The van der Waals surface area contributed by atoms with E-state index in [1.165, 1.54) is 0 Å².